The van der Waals surface area contributed by atoms with Gasteiger partial charge in [-0.1, -0.05) is 31.0 Å². The molecule has 0 bridgehead atoms. The van der Waals surface area contributed by atoms with Crippen molar-refractivity contribution in [2.24, 2.45) is 0 Å². The maximum absolute atomic E-state index is 6.19. The van der Waals surface area contributed by atoms with Crippen molar-refractivity contribution < 1.29 is 4.74 Å². The molecule has 0 amide bonds. The number of hydrogen-bond donors (Lipinski definition) is 1. The van der Waals surface area contributed by atoms with Gasteiger partial charge in [0, 0.05) is 17.6 Å². The van der Waals surface area contributed by atoms with Crippen LogP contribution in [-0.4, -0.2) is 24.2 Å². The van der Waals surface area contributed by atoms with Gasteiger partial charge in [-0.25, -0.2) is 0 Å². The molecule has 3 heteroatoms. The smallest absolute Gasteiger partial charge is 0.0732 e. The molecule has 0 radical (unpaired) electrons. The van der Waals surface area contributed by atoms with Gasteiger partial charge < -0.3 is 10.1 Å². The number of pyridine rings is 1. The van der Waals surface area contributed by atoms with Crippen LogP contribution in [0.1, 0.15) is 31.2 Å². The maximum Gasteiger partial charge on any atom is 0.0732 e. The predicted octanol–water partition coefficient (Wildman–Crippen LogP) is 3.28. The molecule has 0 saturated heterocycles. The van der Waals surface area contributed by atoms with Crippen molar-refractivity contribution in [1.82, 2.24) is 10.3 Å². The quantitative estimate of drug-likeness (QED) is 0.925. The molecule has 2 atom stereocenters. The van der Waals surface area contributed by atoms with Crippen molar-refractivity contribution in [3.05, 3.63) is 42.1 Å². The van der Waals surface area contributed by atoms with Crippen LogP contribution >= 0.6 is 0 Å². The van der Waals surface area contributed by atoms with Crippen molar-refractivity contribution in [3.8, 4) is 0 Å². The highest BCUT2D eigenvalue weighted by molar-refractivity contribution is 5.81. The van der Waals surface area contributed by atoms with Gasteiger partial charge in [0.05, 0.1) is 18.2 Å². The maximum atomic E-state index is 6.19. The Labute approximate surface area is 120 Å². The molecule has 2 unspecified atom stereocenters. The number of rotatable bonds is 4. The Morgan fingerprint density at radius 3 is 2.95 bits per heavy atom. The minimum atomic E-state index is 0.334. The highest BCUT2D eigenvalue weighted by Crippen LogP contribution is 2.23. The largest absolute Gasteiger partial charge is 0.372 e. The third-order valence-electron chi connectivity index (χ3n) is 4.27. The Bertz CT molecular complexity index is 564. The summed E-state index contributed by atoms with van der Waals surface area (Å²) in [4.78, 5) is 4.40. The van der Waals surface area contributed by atoms with E-state index in [0.29, 0.717) is 18.8 Å². The van der Waals surface area contributed by atoms with Crippen molar-refractivity contribution in [1.29, 1.82) is 0 Å². The Morgan fingerprint density at radius 2 is 2.05 bits per heavy atom. The van der Waals surface area contributed by atoms with Crippen LogP contribution in [0.15, 0.2) is 36.5 Å². The standard InChI is InChI=1S/C17H22N2O/c1-18-16-8-4-5-9-17(16)20-12-13-10-11-19-15-7-3-2-6-14(13)15/h2-3,6-7,10-11,16-18H,4-5,8-9,12H2,1H3. The van der Waals surface area contributed by atoms with Crippen LogP contribution < -0.4 is 5.32 Å². The van der Waals surface area contributed by atoms with Gasteiger partial charge in [-0.05, 0) is 37.6 Å². The fraction of sp³-hybridized carbons (Fsp3) is 0.471. The number of hydrogen-bond acceptors (Lipinski definition) is 3. The van der Waals surface area contributed by atoms with Crippen LogP contribution in [0.4, 0.5) is 0 Å². The molecule has 1 aliphatic carbocycles. The SMILES string of the molecule is CNC1CCCCC1OCc1ccnc2ccccc12. The molecule has 1 aromatic heterocycles. The van der Waals surface area contributed by atoms with Crippen LogP contribution in [0.2, 0.25) is 0 Å². The monoisotopic (exact) mass is 270 g/mol. The zero-order chi connectivity index (χ0) is 13.8. The van der Waals surface area contributed by atoms with E-state index in [1.807, 2.05) is 19.3 Å². The van der Waals surface area contributed by atoms with E-state index in [1.165, 1.54) is 30.2 Å². The van der Waals surface area contributed by atoms with Gasteiger partial charge in [-0.3, -0.25) is 4.98 Å². The van der Waals surface area contributed by atoms with Crippen LogP contribution in [0.5, 0.6) is 0 Å². The Hall–Kier alpha value is -1.45. The molecule has 2 aromatic rings. The summed E-state index contributed by atoms with van der Waals surface area (Å²) < 4.78 is 6.19. The molecule has 1 aromatic carbocycles. The van der Waals surface area contributed by atoms with E-state index in [0.717, 1.165) is 11.9 Å². The summed E-state index contributed by atoms with van der Waals surface area (Å²) in [7, 11) is 2.04. The number of benzene rings is 1. The van der Waals surface area contributed by atoms with Crippen molar-refractivity contribution in [2.75, 3.05) is 7.05 Å². The van der Waals surface area contributed by atoms with E-state index in [2.05, 4.69) is 34.6 Å². The van der Waals surface area contributed by atoms with E-state index in [9.17, 15) is 0 Å². The molecule has 1 aliphatic rings. The number of nitrogens with one attached hydrogen (secondary N) is 1. The van der Waals surface area contributed by atoms with Gasteiger partial charge in [-0.15, -0.1) is 0 Å². The molecule has 3 rings (SSSR count). The molecule has 106 valence electrons. The highest BCUT2D eigenvalue weighted by atomic mass is 16.5. The zero-order valence-corrected chi connectivity index (χ0v) is 12.0. The second-order valence-electron chi connectivity index (χ2n) is 5.52. The second-order valence-corrected chi connectivity index (χ2v) is 5.52. The van der Waals surface area contributed by atoms with E-state index in [-0.39, 0.29) is 0 Å². The van der Waals surface area contributed by atoms with Crippen LogP contribution in [0, 0.1) is 0 Å². The van der Waals surface area contributed by atoms with Gasteiger partial charge in [-0.2, -0.15) is 0 Å². The number of fused-ring (bicyclic) bond motifs is 1. The third kappa shape index (κ3) is 2.84. The lowest BCUT2D eigenvalue weighted by Crippen LogP contribution is -2.41. The molecule has 0 spiro atoms. The minimum Gasteiger partial charge on any atom is -0.372 e. The first kappa shape index (κ1) is 13.5. The number of likely N-dealkylation sites (N-methyl/N-ethyl adjacent to an activating group) is 1. The van der Waals surface area contributed by atoms with E-state index < -0.39 is 0 Å². The number of para-hydroxylation sites is 1. The zero-order valence-electron chi connectivity index (χ0n) is 12.0. The van der Waals surface area contributed by atoms with Gasteiger partial charge in [0.15, 0.2) is 0 Å². The van der Waals surface area contributed by atoms with Crippen LogP contribution in [0.25, 0.3) is 10.9 Å². The average molecular weight is 270 g/mol. The molecule has 20 heavy (non-hydrogen) atoms. The lowest BCUT2D eigenvalue weighted by molar-refractivity contribution is -0.00314. The predicted molar refractivity (Wildman–Crippen MR) is 81.6 cm³/mol. The first-order valence-electron chi connectivity index (χ1n) is 7.50. The van der Waals surface area contributed by atoms with E-state index in [4.69, 9.17) is 4.74 Å². The summed E-state index contributed by atoms with van der Waals surface area (Å²) in [5.41, 5.74) is 2.28. The molecular weight excluding hydrogens is 248 g/mol. The number of aromatic nitrogens is 1. The number of nitrogens with zero attached hydrogens (tertiary/aromatic N) is 1. The number of ether oxygens (including phenoxy) is 1. The fourth-order valence-corrected chi connectivity index (χ4v) is 3.10. The molecule has 0 aliphatic heterocycles. The van der Waals surface area contributed by atoms with Gasteiger partial charge in [0.2, 0.25) is 0 Å². The van der Waals surface area contributed by atoms with Crippen LogP contribution in [0.3, 0.4) is 0 Å². The first-order chi connectivity index (χ1) is 9.88. The Kier molecular flexibility index (Phi) is 4.28. The summed E-state index contributed by atoms with van der Waals surface area (Å²) in [6.45, 7) is 0.673. The lowest BCUT2D eigenvalue weighted by Gasteiger charge is -2.31. The van der Waals surface area contributed by atoms with Crippen LogP contribution in [-0.2, 0) is 11.3 Å². The molecular formula is C17H22N2O. The van der Waals surface area contributed by atoms with E-state index >= 15 is 0 Å². The normalized spacial score (nSPS) is 23.1. The second kappa shape index (κ2) is 6.33. The van der Waals surface area contributed by atoms with E-state index in [1.54, 1.807) is 0 Å². The lowest BCUT2D eigenvalue weighted by atomic mass is 9.92. The summed E-state index contributed by atoms with van der Waals surface area (Å²) in [6, 6.07) is 10.8. The molecule has 1 fully saturated rings. The average Bonchev–Trinajstić information content (AvgIpc) is 2.53. The first-order valence-corrected chi connectivity index (χ1v) is 7.50. The Morgan fingerprint density at radius 1 is 1.20 bits per heavy atom. The summed E-state index contributed by atoms with van der Waals surface area (Å²) in [5.74, 6) is 0. The van der Waals surface area contributed by atoms with Gasteiger partial charge in [0.25, 0.3) is 0 Å². The van der Waals surface area contributed by atoms with Gasteiger partial charge in [0.1, 0.15) is 0 Å². The summed E-state index contributed by atoms with van der Waals surface area (Å²) >= 11 is 0. The third-order valence-corrected chi connectivity index (χ3v) is 4.27. The van der Waals surface area contributed by atoms with Crippen molar-refractivity contribution >= 4 is 10.9 Å². The fourth-order valence-electron chi connectivity index (χ4n) is 3.10. The van der Waals surface area contributed by atoms with Gasteiger partial charge >= 0.3 is 0 Å². The Balaban J connectivity index is 1.73. The summed E-state index contributed by atoms with van der Waals surface area (Å²) in [5, 5.41) is 4.59. The minimum absolute atomic E-state index is 0.334. The summed E-state index contributed by atoms with van der Waals surface area (Å²) in [6.07, 6.45) is 7.17. The topological polar surface area (TPSA) is 34.1 Å². The molecule has 1 saturated carbocycles. The molecule has 1 heterocycles. The molecule has 1 N–H and O–H groups in total. The molecule has 3 nitrogen and oxygen atoms in total. The van der Waals surface area contributed by atoms with Crippen molar-refractivity contribution in [3.63, 3.8) is 0 Å². The highest BCUT2D eigenvalue weighted by Gasteiger charge is 2.24. The van der Waals surface area contributed by atoms with Crippen molar-refractivity contribution in [2.45, 2.75) is 44.4 Å².